The lowest BCUT2D eigenvalue weighted by molar-refractivity contribution is -0.163. The first-order chi connectivity index (χ1) is 10.8. The van der Waals surface area contributed by atoms with E-state index in [2.05, 4.69) is 20.1 Å². The van der Waals surface area contributed by atoms with Gasteiger partial charge < -0.3 is 9.47 Å². The summed E-state index contributed by atoms with van der Waals surface area (Å²) in [6.45, 7) is 1.88. The Morgan fingerprint density at radius 2 is 2.00 bits per heavy atom. The average molecular weight is 306 g/mol. The standard InChI is InChI=1S/C14H22N6O2/c15-19-17-7-1-3-10-11(9-18-20-16)13(10)14(5-6-14)22-12-4-2-8-21-12/h10-13H,1-9H2. The lowest BCUT2D eigenvalue weighted by Crippen LogP contribution is -2.26. The Morgan fingerprint density at radius 1 is 1.18 bits per heavy atom. The van der Waals surface area contributed by atoms with Crippen LogP contribution in [-0.2, 0) is 9.47 Å². The molecule has 0 spiro atoms. The molecule has 2 saturated carbocycles. The highest BCUT2D eigenvalue weighted by Crippen LogP contribution is 2.65. The van der Waals surface area contributed by atoms with E-state index in [-0.39, 0.29) is 11.9 Å². The van der Waals surface area contributed by atoms with Gasteiger partial charge in [0.2, 0.25) is 0 Å². The molecule has 1 aliphatic heterocycles. The molecule has 8 nitrogen and oxygen atoms in total. The SMILES string of the molecule is [N-]=[N+]=NCCCC1C(CN=[N+]=[N-])C1C1(OC2CCCO2)CC1. The van der Waals surface area contributed by atoms with Crippen molar-refractivity contribution < 1.29 is 9.47 Å². The van der Waals surface area contributed by atoms with Gasteiger partial charge in [0, 0.05) is 35.9 Å². The molecule has 3 fully saturated rings. The second-order valence-electron chi connectivity index (χ2n) is 6.49. The molecule has 3 rings (SSSR count). The number of azide groups is 2. The van der Waals surface area contributed by atoms with E-state index < -0.39 is 0 Å². The van der Waals surface area contributed by atoms with Gasteiger partial charge in [-0.25, -0.2) is 0 Å². The maximum Gasteiger partial charge on any atom is 0.158 e. The van der Waals surface area contributed by atoms with Crippen molar-refractivity contribution >= 4 is 0 Å². The van der Waals surface area contributed by atoms with Crippen molar-refractivity contribution in [2.45, 2.75) is 50.4 Å². The molecule has 0 aromatic carbocycles. The molecule has 3 aliphatic rings. The normalized spacial score (nSPS) is 34.5. The van der Waals surface area contributed by atoms with Gasteiger partial charge >= 0.3 is 0 Å². The molecular formula is C14H22N6O2. The topological polar surface area (TPSA) is 116 Å². The Balaban J connectivity index is 1.56. The van der Waals surface area contributed by atoms with E-state index in [1.165, 1.54) is 0 Å². The summed E-state index contributed by atoms with van der Waals surface area (Å²) in [5, 5.41) is 7.36. The zero-order valence-corrected chi connectivity index (χ0v) is 12.7. The summed E-state index contributed by atoms with van der Waals surface area (Å²) < 4.78 is 11.9. The van der Waals surface area contributed by atoms with Crippen LogP contribution in [0.1, 0.15) is 38.5 Å². The van der Waals surface area contributed by atoms with Gasteiger partial charge in [-0.15, -0.1) is 0 Å². The summed E-state index contributed by atoms with van der Waals surface area (Å²) in [6.07, 6.45) is 6.06. The van der Waals surface area contributed by atoms with E-state index in [0.717, 1.165) is 45.1 Å². The highest BCUT2D eigenvalue weighted by molar-refractivity contribution is 5.16. The highest BCUT2D eigenvalue weighted by atomic mass is 16.7. The molecule has 2 aliphatic carbocycles. The van der Waals surface area contributed by atoms with E-state index in [0.29, 0.717) is 30.8 Å². The van der Waals surface area contributed by atoms with Crippen molar-refractivity contribution in [1.82, 2.24) is 0 Å². The van der Waals surface area contributed by atoms with Crippen LogP contribution in [0, 0.1) is 17.8 Å². The summed E-state index contributed by atoms with van der Waals surface area (Å²) >= 11 is 0. The predicted octanol–water partition coefficient (Wildman–Crippen LogP) is 3.94. The predicted molar refractivity (Wildman–Crippen MR) is 79.8 cm³/mol. The molecule has 120 valence electrons. The molecule has 0 N–H and O–H groups in total. The fourth-order valence-corrected chi connectivity index (χ4v) is 4.00. The van der Waals surface area contributed by atoms with Crippen LogP contribution in [0.15, 0.2) is 10.2 Å². The molecule has 1 saturated heterocycles. The minimum atomic E-state index is -0.0490. The molecule has 1 heterocycles. The largest absolute Gasteiger partial charge is 0.353 e. The summed E-state index contributed by atoms with van der Waals surface area (Å²) in [7, 11) is 0. The minimum absolute atomic E-state index is 0.0478. The summed E-state index contributed by atoms with van der Waals surface area (Å²) in [5.74, 6) is 1.39. The zero-order valence-electron chi connectivity index (χ0n) is 12.7. The first kappa shape index (κ1) is 15.4. The van der Waals surface area contributed by atoms with Crippen molar-refractivity contribution in [3.05, 3.63) is 20.9 Å². The molecular weight excluding hydrogens is 284 g/mol. The van der Waals surface area contributed by atoms with Gasteiger partial charge in [0.25, 0.3) is 0 Å². The van der Waals surface area contributed by atoms with E-state index in [1.54, 1.807) is 0 Å². The monoisotopic (exact) mass is 306 g/mol. The lowest BCUT2D eigenvalue weighted by Gasteiger charge is -2.21. The van der Waals surface area contributed by atoms with Crippen molar-refractivity contribution in [2.75, 3.05) is 19.7 Å². The first-order valence-corrected chi connectivity index (χ1v) is 8.12. The number of ether oxygens (including phenoxy) is 2. The van der Waals surface area contributed by atoms with Gasteiger partial charge in [0.05, 0.1) is 5.60 Å². The zero-order chi connectivity index (χ0) is 15.4. The van der Waals surface area contributed by atoms with E-state index in [9.17, 15) is 0 Å². The molecule has 8 heteroatoms. The molecule has 0 radical (unpaired) electrons. The number of hydrogen-bond acceptors (Lipinski definition) is 4. The maximum absolute atomic E-state index is 8.56. The molecule has 4 atom stereocenters. The summed E-state index contributed by atoms with van der Waals surface area (Å²) in [4.78, 5) is 5.68. The fourth-order valence-electron chi connectivity index (χ4n) is 4.00. The van der Waals surface area contributed by atoms with E-state index in [1.807, 2.05) is 0 Å². The van der Waals surface area contributed by atoms with Crippen LogP contribution in [-0.4, -0.2) is 31.6 Å². The van der Waals surface area contributed by atoms with Crippen LogP contribution in [0.3, 0.4) is 0 Å². The Morgan fingerprint density at radius 3 is 2.64 bits per heavy atom. The van der Waals surface area contributed by atoms with Crippen molar-refractivity contribution in [3.8, 4) is 0 Å². The highest BCUT2D eigenvalue weighted by Gasteiger charge is 2.66. The van der Waals surface area contributed by atoms with Gasteiger partial charge in [0.15, 0.2) is 6.29 Å². The quantitative estimate of drug-likeness (QED) is 0.278. The molecule has 0 aromatic rings. The Hall–Kier alpha value is -1.46. The van der Waals surface area contributed by atoms with Gasteiger partial charge in [-0.1, -0.05) is 10.2 Å². The molecule has 0 bridgehead atoms. The first-order valence-electron chi connectivity index (χ1n) is 8.12. The van der Waals surface area contributed by atoms with E-state index >= 15 is 0 Å². The van der Waals surface area contributed by atoms with Crippen molar-refractivity contribution in [1.29, 1.82) is 0 Å². The second-order valence-corrected chi connectivity index (χ2v) is 6.49. The summed E-state index contributed by atoms with van der Waals surface area (Å²) in [5.41, 5.74) is 16.8. The van der Waals surface area contributed by atoms with Crippen molar-refractivity contribution in [2.24, 2.45) is 28.0 Å². The van der Waals surface area contributed by atoms with Crippen LogP contribution >= 0.6 is 0 Å². The van der Waals surface area contributed by atoms with Gasteiger partial charge in [-0.2, -0.15) is 0 Å². The van der Waals surface area contributed by atoms with Crippen LogP contribution in [0.2, 0.25) is 0 Å². The van der Waals surface area contributed by atoms with Gasteiger partial charge in [-0.05, 0) is 60.9 Å². The number of rotatable bonds is 9. The average Bonchev–Trinajstić information content (AvgIpc) is 3.38. The van der Waals surface area contributed by atoms with Crippen LogP contribution < -0.4 is 0 Å². The lowest BCUT2D eigenvalue weighted by atomic mass is 10.1. The van der Waals surface area contributed by atoms with E-state index in [4.69, 9.17) is 20.5 Å². The fraction of sp³-hybridized carbons (Fsp3) is 1.00. The molecule has 22 heavy (non-hydrogen) atoms. The molecule has 0 amide bonds. The Kier molecular flexibility index (Phi) is 4.74. The smallest absolute Gasteiger partial charge is 0.158 e. The number of hydrogen-bond donors (Lipinski definition) is 0. The maximum atomic E-state index is 8.56. The third kappa shape index (κ3) is 3.31. The van der Waals surface area contributed by atoms with Crippen LogP contribution in [0.4, 0.5) is 0 Å². The number of nitrogens with zero attached hydrogens (tertiary/aromatic N) is 6. The van der Waals surface area contributed by atoms with Gasteiger partial charge in [0.1, 0.15) is 0 Å². The Labute approximate surface area is 129 Å². The molecule has 4 unspecified atom stereocenters. The summed E-state index contributed by atoms with van der Waals surface area (Å²) in [6, 6.07) is 0. The Bertz CT molecular complexity index is 490. The van der Waals surface area contributed by atoms with Crippen molar-refractivity contribution in [3.63, 3.8) is 0 Å². The van der Waals surface area contributed by atoms with Crippen LogP contribution in [0.5, 0.6) is 0 Å². The second kappa shape index (κ2) is 6.75. The third-order valence-corrected chi connectivity index (χ3v) is 5.15. The third-order valence-electron chi connectivity index (χ3n) is 5.15. The minimum Gasteiger partial charge on any atom is -0.353 e. The molecule has 0 aromatic heterocycles. The van der Waals surface area contributed by atoms with Crippen LogP contribution in [0.25, 0.3) is 20.9 Å². The van der Waals surface area contributed by atoms with Gasteiger partial charge in [-0.3, -0.25) is 0 Å².